The van der Waals surface area contributed by atoms with Crippen LogP contribution in [0.4, 0.5) is 4.79 Å². The molecule has 0 aromatic heterocycles. The van der Waals surface area contributed by atoms with Crippen LogP contribution in [0.2, 0.25) is 0 Å². The Hall–Kier alpha value is -3.35. The van der Waals surface area contributed by atoms with E-state index in [1.54, 1.807) is 24.3 Å². The largest absolute Gasteiger partial charge is 0.548 e. The van der Waals surface area contributed by atoms with Crippen molar-refractivity contribution in [3.8, 4) is 0 Å². The first kappa shape index (κ1) is 22.9. The van der Waals surface area contributed by atoms with Gasteiger partial charge in [-0.25, -0.2) is 4.79 Å². The highest BCUT2D eigenvalue weighted by atomic mass is 16.5. The van der Waals surface area contributed by atoms with Gasteiger partial charge in [0.1, 0.15) is 12.6 Å². The maximum Gasteiger partial charge on any atom is 0.408 e. The molecule has 0 fully saturated rings. The van der Waals surface area contributed by atoms with E-state index in [1.165, 1.54) is 0 Å². The molecule has 7 heteroatoms. The molecule has 30 heavy (non-hydrogen) atoms. The lowest BCUT2D eigenvalue weighted by molar-refractivity contribution is -0.308. The molecule has 2 aromatic carbocycles. The monoisotopic (exact) mass is 411 g/mol. The van der Waals surface area contributed by atoms with E-state index in [4.69, 9.17) is 4.74 Å². The van der Waals surface area contributed by atoms with Crippen LogP contribution in [-0.2, 0) is 27.4 Å². The summed E-state index contributed by atoms with van der Waals surface area (Å²) in [7, 11) is 0. The average Bonchev–Trinajstić information content (AvgIpc) is 2.72. The van der Waals surface area contributed by atoms with Crippen molar-refractivity contribution in [3.63, 3.8) is 0 Å². The predicted octanol–water partition coefficient (Wildman–Crippen LogP) is 1.80. The normalized spacial score (nSPS) is 12.6. The summed E-state index contributed by atoms with van der Waals surface area (Å²) in [6.07, 6.45) is -0.327. The number of ether oxygens (including phenoxy) is 1. The summed E-state index contributed by atoms with van der Waals surface area (Å²) in [5, 5.41) is 16.5. The molecule has 0 unspecified atom stereocenters. The molecular weight excluding hydrogens is 384 g/mol. The van der Waals surface area contributed by atoms with Gasteiger partial charge in [0.05, 0.1) is 12.0 Å². The van der Waals surface area contributed by atoms with E-state index >= 15 is 0 Å². The molecule has 0 saturated carbocycles. The van der Waals surface area contributed by atoms with Crippen molar-refractivity contribution >= 4 is 18.0 Å². The molecule has 0 bridgehead atoms. The highest BCUT2D eigenvalue weighted by Crippen LogP contribution is 2.08. The Labute approximate surface area is 176 Å². The van der Waals surface area contributed by atoms with Crippen LogP contribution in [0.1, 0.15) is 31.4 Å². The lowest BCUT2D eigenvalue weighted by Crippen LogP contribution is -2.55. The number of carboxylic acids is 1. The van der Waals surface area contributed by atoms with Gasteiger partial charge in [-0.05, 0) is 29.9 Å². The van der Waals surface area contributed by atoms with Crippen molar-refractivity contribution in [2.75, 3.05) is 0 Å². The number of hydrogen-bond acceptors (Lipinski definition) is 5. The minimum absolute atomic E-state index is 0.0678. The Bertz CT molecular complexity index is 824. The lowest BCUT2D eigenvalue weighted by atomic mass is 10.0. The number of alkyl carbamates (subject to hydrolysis) is 1. The summed E-state index contributed by atoms with van der Waals surface area (Å²) < 4.78 is 5.18. The van der Waals surface area contributed by atoms with Gasteiger partial charge in [0.25, 0.3) is 0 Å². The lowest BCUT2D eigenvalue weighted by Gasteiger charge is -2.25. The topological polar surface area (TPSA) is 108 Å². The molecule has 2 amide bonds. The molecular formula is C23H27N2O5-. The minimum atomic E-state index is -1.39. The first-order valence-corrected chi connectivity index (χ1v) is 9.87. The van der Waals surface area contributed by atoms with Crippen LogP contribution < -0.4 is 15.7 Å². The number of amides is 2. The molecule has 2 aromatic rings. The van der Waals surface area contributed by atoms with E-state index in [1.807, 2.05) is 50.2 Å². The van der Waals surface area contributed by atoms with Gasteiger partial charge in [-0.15, -0.1) is 0 Å². The highest BCUT2D eigenvalue weighted by Gasteiger charge is 2.25. The second-order valence-electron chi connectivity index (χ2n) is 7.46. The van der Waals surface area contributed by atoms with Gasteiger partial charge in [0.2, 0.25) is 5.91 Å². The molecule has 0 aliphatic heterocycles. The first-order chi connectivity index (χ1) is 14.3. The van der Waals surface area contributed by atoms with Crippen molar-refractivity contribution in [2.45, 2.75) is 45.4 Å². The van der Waals surface area contributed by atoms with Crippen LogP contribution >= 0.6 is 0 Å². The average molecular weight is 411 g/mol. The van der Waals surface area contributed by atoms with Gasteiger partial charge in [0, 0.05) is 0 Å². The minimum Gasteiger partial charge on any atom is -0.548 e. The summed E-state index contributed by atoms with van der Waals surface area (Å²) in [6, 6.07) is 16.0. The molecule has 0 saturated heterocycles. The van der Waals surface area contributed by atoms with Crippen LogP contribution in [0.5, 0.6) is 0 Å². The summed E-state index contributed by atoms with van der Waals surface area (Å²) in [5.41, 5.74) is 1.57. The Morgan fingerprint density at radius 1 is 0.867 bits per heavy atom. The van der Waals surface area contributed by atoms with Gasteiger partial charge in [0.15, 0.2) is 0 Å². The Kier molecular flexibility index (Phi) is 8.87. The molecule has 2 atom stereocenters. The van der Waals surface area contributed by atoms with Crippen LogP contribution in [0.15, 0.2) is 60.7 Å². The molecule has 0 aliphatic carbocycles. The standard InChI is InChI=1S/C23H28N2O5/c1-16(2)13-19(25-23(29)30-15-18-11-7-4-8-12-18)21(26)24-20(22(27)28)14-17-9-5-3-6-10-17/h3-12,16,19-20H,13-15H2,1-2H3,(H,24,26)(H,25,29)(H,27,28)/p-1/t19-,20-/m0/s1. The van der Waals surface area contributed by atoms with Crippen molar-refractivity contribution in [3.05, 3.63) is 71.8 Å². The van der Waals surface area contributed by atoms with Crippen LogP contribution in [0.25, 0.3) is 0 Å². The first-order valence-electron chi connectivity index (χ1n) is 9.87. The van der Waals surface area contributed by atoms with Gasteiger partial charge in [-0.2, -0.15) is 0 Å². The summed E-state index contributed by atoms with van der Waals surface area (Å²) >= 11 is 0. The third-order valence-corrected chi connectivity index (χ3v) is 4.41. The highest BCUT2D eigenvalue weighted by molar-refractivity contribution is 5.89. The number of hydrogen-bond donors (Lipinski definition) is 2. The van der Waals surface area contributed by atoms with E-state index in [0.717, 1.165) is 11.1 Å². The number of aliphatic carboxylic acids is 1. The van der Waals surface area contributed by atoms with Crippen LogP contribution in [0.3, 0.4) is 0 Å². The molecule has 0 radical (unpaired) electrons. The van der Waals surface area contributed by atoms with E-state index in [-0.39, 0.29) is 18.9 Å². The zero-order valence-corrected chi connectivity index (χ0v) is 17.2. The zero-order valence-electron chi connectivity index (χ0n) is 17.2. The SMILES string of the molecule is CC(C)C[C@H](NC(=O)OCc1ccccc1)C(=O)N[C@@H](Cc1ccccc1)C(=O)[O-]. The van der Waals surface area contributed by atoms with E-state index < -0.39 is 30.1 Å². The fourth-order valence-electron chi connectivity index (χ4n) is 2.93. The summed E-state index contributed by atoms with van der Waals surface area (Å²) in [4.78, 5) is 36.4. The molecule has 2 rings (SSSR count). The van der Waals surface area contributed by atoms with E-state index in [0.29, 0.717) is 6.42 Å². The van der Waals surface area contributed by atoms with E-state index in [2.05, 4.69) is 10.6 Å². The number of benzene rings is 2. The smallest absolute Gasteiger partial charge is 0.408 e. The molecule has 2 N–H and O–H groups in total. The van der Waals surface area contributed by atoms with Crippen molar-refractivity contribution in [1.29, 1.82) is 0 Å². The van der Waals surface area contributed by atoms with E-state index in [9.17, 15) is 19.5 Å². The molecule has 0 heterocycles. The second kappa shape index (κ2) is 11.6. The number of carbonyl (C=O) groups excluding carboxylic acids is 3. The maximum atomic E-state index is 12.7. The molecule has 0 aliphatic rings. The summed E-state index contributed by atoms with van der Waals surface area (Å²) in [5.74, 6) is -1.89. The fraction of sp³-hybridized carbons (Fsp3) is 0.348. The van der Waals surface area contributed by atoms with Gasteiger partial charge < -0.3 is 25.3 Å². The Balaban J connectivity index is 1.98. The van der Waals surface area contributed by atoms with Gasteiger partial charge in [-0.3, -0.25) is 4.79 Å². The van der Waals surface area contributed by atoms with Crippen molar-refractivity contribution in [1.82, 2.24) is 10.6 Å². The zero-order chi connectivity index (χ0) is 21.9. The quantitative estimate of drug-likeness (QED) is 0.620. The molecule has 0 spiro atoms. The Morgan fingerprint density at radius 3 is 1.97 bits per heavy atom. The number of carbonyl (C=O) groups is 3. The van der Waals surface area contributed by atoms with Crippen molar-refractivity contribution in [2.24, 2.45) is 5.92 Å². The van der Waals surface area contributed by atoms with Crippen LogP contribution in [0, 0.1) is 5.92 Å². The van der Waals surface area contributed by atoms with Gasteiger partial charge >= 0.3 is 6.09 Å². The van der Waals surface area contributed by atoms with Crippen LogP contribution in [-0.4, -0.2) is 30.1 Å². The van der Waals surface area contributed by atoms with Gasteiger partial charge in [-0.1, -0.05) is 74.5 Å². The molecule has 7 nitrogen and oxygen atoms in total. The Morgan fingerprint density at radius 2 is 1.43 bits per heavy atom. The third kappa shape index (κ3) is 7.95. The predicted molar refractivity (Wildman–Crippen MR) is 110 cm³/mol. The fourth-order valence-corrected chi connectivity index (χ4v) is 2.93. The maximum absolute atomic E-state index is 12.7. The molecule has 160 valence electrons. The second-order valence-corrected chi connectivity index (χ2v) is 7.46. The number of carboxylic acid groups (broad SMARTS) is 1. The number of nitrogens with one attached hydrogen (secondary N) is 2. The third-order valence-electron chi connectivity index (χ3n) is 4.41. The van der Waals surface area contributed by atoms with Crippen molar-refractivity contribution < 1.29 is 24.2 Å². The number of rotatable bonds is 10. The summed E-state index contributed by atoms with van der Waals surface area (Å²) in [6.45, 7) is 3.87.